The van der Waals surface area contributed by atoms with Gasteiger partial charge in [0.05, 0.1) is 10.6 Å². The number of hydrogen-bond donors (Lipinski definition) is 0. The topological polar surface area (TPSA) is 75.4 Å². The third-order valence-corrected chi connectivity index (χ3v) is 4.91. The summed E-state index contributed by atoms with van der Waals surface area (Å²) in [5, 5.41) is 11.4. The van der Waals surface area contributed by atoms with Crippen LogP contribution in [0.2, 0.25) is 0 Å². The molecule has 7 heteroatoms. The molecule has 0 bridgehead atoms. The van der Waals surface area contributed by atoms with Crippen LogP contribution in [-0.4, -0.2) is 46.0 Å². The predicted octanol–water partition coefficient (Wildman–Crippen LogP) is 3.37. The summed E-state index contributed by atoms with van der Waals surface area (Å²) in [6, 6.07) is 18.6. The number of aromatic nitrogens is 2. The van der Waals surface area contributed by atoms with Crippen molar-refractivity contribution in [2.75, 3.05) is 31.1 Å². The van der Waals surface area contributed by atoms with Crippen LogP contribution in [0.15, 0.2) is 66.9 Å². The van der Waals surface area contributed by atoms with Crippen LogP contribution in [0.5, 0.6) is 0 Å². The summed E-state index contributed by atoms with van der Waals surface area (Å²) in [4.78, 5) is 24.7. The molecule has 3 heterocycles. The van der Waals surface area contributed by atoms with E-state index in [1.54, 1.807) is 12.1 Å². The minimum absolute atomic E-state index is 0.0312. The Labute approximate surface area is 163 Å². The van der Waals surface area contributed by atoms with E-state index < -0.39 is 0 Å². The van der Waals surface area contributed by atoms with Crippen molar-refractivity contribution in [3.05, 3.63) is 82.7 Å². The number of nitro groups is 1. The lowest BCUT2D eigenvalue weighted by atomic mass is 10.1. The molecule has 142 valence electrons. The van der Waals surface area contributed by atoms with Crippen LogP contribution >= 0.6 is 0 Å². The lowest BCUT2D eigenvalue weighted by Gasteiger charge is -2.35. The average molecular weight is 375 g/mol. The molecule has 7 nitrogen and oxygen atoms in total. The molecule has 1 aliphatic rings. The highest BCUT2D eigenvalue weighted by atomic mass is 16.6. The second-order valence-electron chi connectivity index (χ2n) is 6.74. The summed E-state index contributed by atoms with van der Waals surface area (Å²) in [6.07, 6.45) is 1.82. The lowest BCUT2D eigenvalue weighted by molar-refractivity contribution is -0.384. The van der Waals surface area contributed by atoms with Crippen LogP contribution in [0.25, 0.3) is 11.3 Å². The number of rotatable bonds is 5. The lowest BCUT2D eigenvalue weighted by Crippen LogP contribution is -2.46. The molecule has 0 unspecified atom stereocenters. The molecule has 0 spiro atoms. The largest absolute Gasteiger partial charge is 0.354 e. The van der Waals surface area contributed by atoms with E-state index >= 15 is 0 Å². The fraction of sp³-hybridized carbons (Fsp3) is 0.238. The number of hydrogen-bond acceptors (Lipinski definition) is 6. The molecule has 0 atom stereocenters. The van der Waals surface area contributed by atoms with E-state index in [0.717, 1.165) is 49.8 Å². The van der Waals surface area contributed by atoms with Gasteiger partial charge in [0.2, 0.25) is 0 Å². The molecule has 0 N–H and O–H groups in total. The van der Waals surface area contributed by atoms with Crippen LogP contribution in [0.4, 0.5) is 11.5 Å². The van der Waals surface area contributed by atoms with Crippen LogP contribution in [-0.2, 0) is 6.54 Å². The Morgan fingerprint density at radius 2 is 1.68 bits per heavy atom. The number of benzene rings is 1. The Morgan fingerprint density at radius 3 is 2.36 bits per heavy atom. The zero-order valence-corrected chi connectivity index (χ0v) is 15.4. The zero-order chi connectivity index (χ0) is 19.3. The highest BCUT2D eigenvalue weighted by Crippen LogP contribution is 2.30. The van der Waals surface area contributed by atoms with Gasteiger partial charge in [-0.05, 0) is 18.2 Å². The summed E-state index contributed by atoms with van der Waals surface area (Å²) in [5.74, 6) is 0.780. The van der Waals surface area contributed by atoms with Crippen molar-refractivity contribution >= 4 is 11.5 Å². The van der Waals surface area contributed by atoms with Crippen molar-refractivity contribution in [1.82, 2.24) is 14.9 Å². The van der Waals surface area contributed by atoms with Gasteiger partial charge in [-0.1, -0.05) is 36.4 Å². The van der Waals surface area contributed by atoms with E-state index in [1.807, 2.05) is 54.7 Å². The van der Waals surface area contributed by atoms with E-state index in [-0.39, 0.29) is 10.6 Å². The van der Waals surface area contributed by atoms with Crippen LogP contribution in [0.3, 0.4) is 0 Å². The van der Waals surface area contributed by atoms with E-state index in [9.17, 15) is 10.1 Å². The SMILES string of the molecule is O=[N+]([O-])c1ccc(N2CCN(Cc3ccccn3)CC2)nc1-c1ccccc1. The summed E-state index contributed by atoms with van der Waals surface area (Å²) < 4.78 is 0. The second-order valence-corrected chi connectivity index (χ2v) is 6.74. The first kappa shape index (κ1) is 18.1. The Kier molecular flexibility index (Phi) is 5.25. The number of pyridine rings is 2. The molecular formula is C21H21N5O2. The van der Waals surface area contributed by atoms with E-state index in [1.165, 1.54) is 0 Å². The molecule has 0 aliphatic carbocycles. The average Bonchev–Trinajstić information content (AvgIpc) is 2.75. The van der Waals surface area contributed by atoms with Gasteiger partial charge in [-0.2, -0.15) is 0 Å². The minimum atomic E-state index is -0.371. The van der Waals surface area contributed by atoms with E-state index in [4.69, 9.17) is 0 Å². The van der Waals surface area contributed by atoms with Gasteiger partial charge in [0.15, 0.2) is 5.69 Å². The minimum Gasteiger partial charge on any atom is -0.354 e. The van der Waals surface area contributed by atoms with Crippen molar-refractivity contribution in [3.63, 3.8) is 0 Å². The summed E-state index contributed by atoms with van der Waals surface area (Å²) in [6.45, 7) is 4.28. The summed E-state index contributed by atoms with van der Waals surface area (Å²) >= 11 is 0. The standard InChI is InChI=1S/C21H21N5O2/c27-26(28)19-9-10-20(23-21(19)17-6-2-1-3-7-17)25-14-12-24(13-15-25)16-18-8-4-5-11-22-18/h1-11H,12-16H2. The highest BCUT2D eigenvalue weighted by molar-refractivity contribution is 5.71. The first-order chi connectivity index (χ1) is 13.7. The molecule has 28 heavy (non-hydrogen) atoms. The van der Waals surface area contributed by atoms with Gasteiger partial charge in [-0.15, -0.1) is 0 Å². The zero-order valence-electron chi connectivity index (χ0n) is 15.4. The molecule has 0 saturated carbocycles. The molecule has 2 aromatic heterocycles. The van der Waals surface area contributed by atoms with Crippen LogP contribution < -0.4 is 4.90 Å². The molecule has 3 aromatic rings. The van der Waals surface area contributed by atoms with Gasteiger partial charge in [0.1, 0.15) is 5.82 Å². The van der Waals surface area contributed by atoms with Crippen molar-refractivity contribution in [2.45, 2.75) is 6.54 Å². The number of piperazine rings is 1. The quantitative estimate of drug-likeness (QED) is 0.503. The molecule has 1 aromatic carbocycles. The fourth-order valence-electron chi connectivity index (χ4n) is 3.43. The van der Waals surface area contributed by atoms with Crippen molar-refractivity contribution in [2.24, 2.45) is 0 Å². The maximum absolute atomic E-state index is 11.4. The maximum Gasteiger partial charge on any atom is 0.295 e. The fourth-order valence-corrected chi connectivity index (χ4v) is 3.43. The third-order valence-electron chi connectivity index (χ3n) is 4.91. The second kappa shape index (κ2) is 8.14. The third kappa shape index (κ3) is 3.99. The monoisotopic (exact) mass is 375 g/mol. The van der Waals surface area contributed by atoms with Gasteiger partial charge in [0.25, 0.3) is 5.69 Å². The number of anilines is 1. The molecule has 1 saturated heterocycles. The molecule has 0 amide bonds. The van der Waals surface area contributed by atoms with Crippen molar-refractivity contribution in [3.8, 4) is 11.3 Å². The van der Waals surface area contributed by atoms with Crippen molar-refractivity contribution in [1.29, 1.82) is 0 Å². The predicted molar refractivity (Wildman–Crippen MR) is 108 cm³/mol. The van der Waals surface area contributed by atoms with Gasteiger partial charge in [-0.25, -0.2) is 4.98 Å². The molecule has 0 radical (unpaired) electrons. The molecule has 1 fully saturated rings. The Hall–Kier alpha value is -3.32. The smallest absolute Gasteiger partial charge is 0.295 e. The first-order valence-corrected chi connectivity index (χ1v) is 9.29. The van der Waals surface area contributed by atoms with E-state index in [2.05, 4.69) is 19.8 Å². The van der Waals surface area contributed by atoms with Gasteiger partial charge >= 0.3 is 0 Å². The Morgan fingerprint density at radius 1 is 0.929 bits per heavy atom. The normalized spacial score (nSPS) is 14.8. The maximum atomic E-state index is 11.4. The molecule has 1 aliphatic heterocycles. The van der Waals surface area contributed by atoms with Gasteiger partial charge < -0.3 is 4.90 Å². The Balaban J connectivity index is 1.50. The van der Waals surface area contributed by atoms with Gasteiger partial charge in [-0.3, -0.25) is 20.0 Å². The van der Waals surface area contributed by atoms with Crippen LogP contribution in [0.1, 0.15) is 5.69 Å². The highest BCUT2D eigenvalue weighted by Gasteiger charge is 2.22. The first-order valence-electron chi connectivity index (χ1n) is 9.29. The van der Waals surface area contributed by atoms with Gasteiger partial charge in [0, 0.05) is 50.6 Å². The summed E-state index contributed by atoms with van der Waals surface area (Å²) in [5.41, 5.74) is 2.27. The van der Waals surface area contributed by atoms with E-state index in [0.29, 0.717) is 5.69 Å². The number of nitrogens with zero attached hydrogens (tertiary/aromatic N) is 5. The van der Waals surface area contributed by atoms with Crippen LogP contribution in [0, 0.1) is 10.1 Å². The van der Waals surface area contributed by atoms with Crippen molar-refractivity contribution < 1.29 is 4.92 Å². The summed E-state index contributed by atoms with van der Waals surface area (Å²) in [7, 11) is 0. The molecular weight excluding hydrogens is 354 g/mol. The molecule has 4 rings (SSSR count). The Bertz CT molecular complexity index is 942.